The molecule has 0 aromatic heterocycles. The number of hydrogen-bond donors (Lipinski definition) is 1. The van der Waals surface area contributed by atoms with Crippen LogP contribution >= 0.6 is 0 Å². The first kappa shape index (κ1) is 15.7. The van der Waals surface area contributed by atoms with Crippen molar-refractivity contribution in [3.05, 3.63) is 65.7 Å². The number of amides is 2. The van der Waals surface area contributed by atoms with E-state index in [4.69, 9.17) is 0 Å². The molecule has 5 heteroatoms. The highest BCUT2D eigenvalue weighted by atomic mass is 32.2. The van der Waals surface area contributed by atoms with E-state index in [1.807, 2.05) is 48.5 Å². The highest BCUT2D eigenvalue weighted by molar-refractivity contribution is 7.84. The molecule has 1 aliphatic rings. The number of rotatable bonds is 5. The van der Waals surface area contributed by atoms with E-state index >= 15 is 0 Å². The van der Waals surface area contributed by atoms with Crippen LogP contribution in [0.1, 0.15) is 11.1 Å². The maximum atomic E-state index is 12.3. The molecule has 4 nitrogen and oxygen atoms in total. The lowest BCUT2D eigenvalue weighted by Gasteiger charge is -2.18. The highest BCUT2D eigenvalue weighted by Gasteiger charge is 2.23. The lowest BCUT2D eigenvalue weighted by molar-refractivity contribution is 0.247. The van der Waals surface area contributed by atoms with Crippen molar-refractivity contribution < 1.29 is 9.00 Å². The number of fused-ring (bicyclic) bond motifs is 1. The molecule has 1 unspecified atom stereocenters. The smallest absolute Gasteiger partial charge is 0.321 e. The average Bonchev–Trinajstić information content (AvgIpc) is 3.00. The zero-order valence-electron chi connectivity index (χ0n) is 12.9. The van der Waals surface area contributed by atoms with E-state index in [9.17, 15) is 9.00 Å². The minimum atomic E-state index is -0.967. The normalized spacial score (nSPS) is 14.3. The van der Waals surface area contributed by atoms with Gasteiger partial charge in [-0.05, 0) is 23.6 Å². The van der Waals surface area contributed by atoms with Crippen LogP contribution in [0, 0.1) is 0 Å². The molecule has 0 radical (unpaired) electrons. The molecule has 3 rings (SSSR count). The Hall–Kier alpha value is -2.14. The second kappa shape index (κ2) is 7.42. The van der Waals surface area contributed by atoms with Gasteiger partial charge in [0, 0.05) is 41.1 Å². The van der Waals surface area contributed by atoms with Crippen molar-refractivity contribution in [1.29, 1.82) is 0 Å². The minimum Gasteiger partial charge on any atom is -0.337 e. The Bertz CT molecular complexity index is 703. The SMILES string of the molecule is O=C(NCCS(=O)Cc1ccccc1)N1CCc2ccccc21. The summed E-state index contributed by atoms with van der Waals surface area (Å²) in [6.07, 6.45) is 0.892. The van der Waals surface area contributed by atoms with Gasteiger partial charge in [-0.1, -0.05) is 48.5 Å². The predicted octanol–water partition coefficient (Wildman–Crippen LogP) is 2.71. The van der Waals surface area contributed by atoms with Crippen LogP contribution in [-0.2, 0) is 23.0 Å². The molecule has 1 heterocycles. The van der Waals surface area contributed by atoms with Crippen molar-refractivity contribution >= 4 is 22.5 Å². The molecular formula is C18H20N2O2S. The van der Waals surface area contributed by atoms with Gasteiger partial charge in [0.05, 0.1) is 0 Å². The summed E-state index contributed by atoms with van der Waals surface area (Å²) < 4.78 is 12.1. The number of carbonyl (C=O) groups is 1. The Morgan fingerprint density at radius 1 is 1.09 bits per heavy atom. The van der Waals surface area contributed by atoms with Crippen molar-refractivity contribution in [2.45, 2.75) is 12.2 Å². The Labute approximate surface area is 139 Å². The zero-order valence-corrected chi connectivity index (χ0v) is 13.7. The summed E-state index contributed by atoms with van der Waals surface area (Å²) in [7, 11) is -0.967. The first-order valence-corrected chi connectivity index (χ1v) is 9.25. The van der Waals surface area contributed by atoms with Crippen molar-refractivity contribution in [3.63, 3.8) is 0 Å². The molecule has 23 heavy (non-hydrogen) atoms. The van der Waals surface area contributed by atoms with Gasteiger partial charge in [0.25, 0.3) is 0 Å². The van der Waals surface area contributed by atoms with E-state index in [2.05, 4.69) is 11.4 Å². The van der Waals surface area contributed by atoms with Crippen molar-refractivity contribution in [2.24, 2.45) is 0 Å². The van der Waals surface area contributed by atoms with Gasteiger partial charge in [-0.25, -0.2) is 4.79 Å². The maximum Gasteiger partial charge on any atom is 0.321 e. The summed E-state index contributed by atoms with van der Waals surface area (Å²) in [5, 5.41) is 2.88. The monoisotopic (exact) mass is 328 g/mol. The Morgan fingerprint density at radius 2 is 1.83 bits per heavy atom. The molecule has 1 N–H and O–H groups in total. The fourth-order valence-electron chi connectivity index (χ4n) is 2.75. The first-order chi connectivity index (χ1) is 11.2. The Morgan fingerprint density at radius 3 is 2.65 bits per heavy atom. The summed E-state index contributed by atoms with van der Waals surface area (Å²) in [4.78, 5) is 14.0. The molecule has 0 fully saturated rings. The van der Waals surface area contributed by atoms with Crippen LogP contribution in [0.5, 0.6) is 0 Å². The van der Waals surface area contributed by atoms with E-state index in [0.717, 1.165) is 17.7 Å². The lowest BCUT2D eigenvalue weighted by atomic mass is 10.2. The van der Waals surface area contributed by atoms with Gasteiger partial charge in [-0.3, -0.25) is 9.11 Å². The minimum absolute atomic E-state index is 0.105. The number of benzene rings is 2. The topological polar surface area (TPSA) is 49.4 Å². The predicted molar refractivity (Wildman–Crippen MR) is 94.0 cm³/mol. The molecule has 1 atom stereocenters. The second-order valence-corrected chi connectivity index (χ2v) is 7.11. The number of urea groups is 1. The van der Waals surface area contributed by atoms with Crippen LogP contribution in [0.3, 0.4) is 0 Å². The third-order valence-corrected chi connectivity index (χ3v) is 5.22. The van der Waals surface area contributed by atoms with Crippen molar-refractivity contribution in [2.75, 3.05) is 23.7 Å². The quantitative estimate of drug-likeness (QED) is 0.917. The molecular weight excluding hydrogens is 308 g/mol. The summed E-state index contributed by atoms with van der Waals surface area (Å²) >= 11 is 0. The van der Waals surface area contributed by atoms with Crippen LogP contribution in [0.25, 0.3) is 0 Å². The largest absolute Gasteiger partial charge is 0.337 e. The number of nitrogens with one attached hydrogen (secondary N) is 1. The summed E-state index contributed by atoms with van der Waals surface area (Å²) in [5.41, 5.74) is 3.25. The second-order valence-electron chi connectivity index (χ2n) is 5.54. The molecule has 0 aliphatic carbocycles. The number of anilines is 1. The number of carbonyl (C=O) groups excluding carboxylic acids is 1. The molecule has 0 spiro atoms. The van der Waals surface area contributed by atoms with Crippen LogP contribution in [0.15, 0.2) is 54.6 Å². The summed E-state index contributed by atoms with van der Waals surface area (Å²) in [6.45, 7) is 1.13. The molecule has 0 bridgehead atoms. The van der Waals surface area contributed by atoms with E-state index in [-0.39, 0.29) is 6.03 Å². The molecule has 2 aromatic rings. The standard InChI is InChI=1S/C18H20N2O2S/c21-18(20-12-10-16-8-4-5-9-17(16)20)19-11-13-23(22)14-15-6-2-1-3-7-15/h1-9H,10-14H2,(H,19,21). The molecule has 2 amide bonds. The molecule has 1 aliphatic heterocycles. The molecule has 2 aromatic carbocycles. The van der Waals surface area contributed by atoms with Gasteiger partial charge in [0.2, 0.25) is 0 Å². The maximum absolute atomic E-state index is 12.3. The summed E-state index contributed by atoms with van der Waals surface area (Å²) in [6, 6.07) is 17.6. The van der Waals surface area contributed by atoms with Crippen molar-refractivity contribution in [1.82, 2.24) is 5.32 Å². The van der Waals surface area contributed by atoms with Gasteiger partial charge in [-0.2, -0.15) is 0 Å². The Balaban J connectivity index is 1.46. The Kier molecular flexibility index (Phi) is 5.08. The first-order valence-electron chi connectivity index (χ1n) is 7.76. The van der Waals surface area contributed by atoms with E-state index in [1.54, 1.807) is 4.90 Å². The van der Waals surface area contributed by atoms with Gasteiger partial charge >= 0.3 is 6.03 Å². The van der Waals surface area contributed by atoms with E-state index in [0.29, 0.717) is 24.6 Å². The fraction of sp³-hybridized carbons (Fsp3) is 0.278. The number of para-hydroxylation sites is 1. The van der Waals surface area contributed by atoms with Crippen LogP contribution in [0.2, 0.25) is 0 Å². The molecule has 120 valence electrons. The average molecular weight is 328 g/mol. The lowest BCUT2D eigenvalue weighted by Crippen LogP contribution is -2.40. The number of nitrogens with zero attached hydrogens (tertiary/aromatic N) is 1. The highest BCUT2D eigenvalue weighted by Crippen LogP contribution is 2.27. The number of hydrogen-bond acceptors (Lipinski definition) is 2. The van der Waals surface area contributed by atoms with E-state index < -0.39 is 10.8 Å². The van der Waals surface area contributed by atoms with Crippen LogP contribution < -0.4 is 10.2 Å². The van der Waals surface area contributed by atoms with Crippen LogP contribution in [0.4, 0.5) is 10.5 Å². The molecule has 0 saturated heterocycles. The van der Waals surface area contributed by atoms with Gasteiger partial charge < -0.3 is 5.32 Å². The van der Waals surface area contributed by atoms with E-state index in [1.165, 1.54) is 5.56 Å². The van der Waals surface area contributed by atoms with Gasteiger partial charge in [-0.15, -0.1) is 0 Å². The van der Waals surface area contributed by atoms with Gasteiger partial charge in [0.1, 0.15) is 0 Å². The third-order valence-electron chi connectivity index (χ3n) is 3.91. The van der Waals surface area contributed by atoms with Crippen molar-refractivity contribution in [3.8, 4) is 0 Å². The molecule has 0 saturated carbocycles. The van der Waals surface area contributed by atoms with Crippen LogP contribution in [-0.4, -0.2) is 29.1 Å². The third kappa shape index (κ3) is 3.99. The summed E-state index contributed by atoms with van der Waals surface area (Å²) in [5.74, 6) is 0.999. The zero-order chi connectivity index (χ0) is 16.1. The fourth-order valence-corrected chi connectivity index (χ4v) is 3.79. The van der Waals surface area contributed by atoms with Gasteiger partial charge in [0.15, 0.2) is 0 Å².